The number of aromatic nitrogens is 1. The van der Waals surface area contributed by atoms with Crippen LogP contribution in [0.2, 0.25) is 0 Å². The summed E-state index contributed by atoms with van der Waals surface area (Å²) in [6.07, 6.45) is 9.02. The van der Waals surface area contributed by atoms with Crippen LogP contribution in [0, 0.1) is 11.8 Å². The van der Waals surface area contributed by atoms with Crippen LogP contribution in [-0.2, 0) is 6.54 Å². The van der Waals surface area contributed by atoms with Crippen LogP contribution < -0.4 is 5.73 Å². The minimum atomic E-state index is 0.638. The van der Waals surface area contributed by atoms with E-state index in [0.717, 1.165) is 18.4 Å². The Morgan fingerprint density at radius 1 is 1.17 bits per heavy atom. The molecule has 2 atom stereocenters. The van der Waals surface area contributed by atoms with E-state index in [2.05, 4.69) is 16.0 Å². The summed E-state index contributed by atoms with van der Waals surface area (Å²) in [5, 5.41) is 0. The van der Waals surface area contributed by atoms with E-state index in [-0.39, 0.29) is 0 Å². The first-order chi connectivity index (χ1) is 8.81. The molecule has 1 aromatic heterocycles. The van der Waals surface area contributed by atoms with Crippen LogP contribution in [0.4, 0.5) is 5.82 Å². The summed E-state index contributed by atoms with van der Waals surface area (Å²) < 4.78 is 0. The molecule has 2 fully saturated rings. The van der Waals surface area contributed by atoms with Crippen LogP contribution in [0.25, 0.3) is 0 Å². The number of hydrogen-bond donors (Lipinski definition) is 1. The van der Waals surface area contributed by atoms with Crippen molar-refractivity contribution in [1.29, 1.82) is 0 Å². The Kier molecular flexibility index (Phi) is 3.50. The topological polar surface area (TPSA) is 42.1 Å². The summed E-state index contributed by atoms with van der Waals surface area (Å²) in [6.45, 7) is 3.54. The molecular weight excluding hydrogens is 222 g/mol. The lowest BCUT2D eigenvalue weighted by molar-refractivity contribution is 0.269. The van der Waals surface area contributed by atoms with Gasteiger partial charge in [0.25, 0.3) is 0 Å². The lowest BCUT2D eigenvalue weighted by Crippen LogP contribution is -2.24. The molecule has 1 aliphatic carbocycles. The maximum absolute atomic E-state index is 5.74. The minimum absolute atomic E-state index is 0.638. The Morgan fingerprint density at radius 3 is 2.56 bits per heavy atom. The van der Waals surface area contributed by atoms with Crippen molar-refractivity contribution in [1.82, 2.24) is 9.88 Å². The molecule has 1 aromatic rings. The number of nitrogens with zero attached hydrogens (tertiary/aromatic N) is 2. The summed E-state index contributed by atoms with van der Waals surface area (Å²) >= 11 is 0. The highest BCUT2D eigenvalue weighted by atomic mass is 15.1. The van der Waals surface area contributed by atoms with E-state index in [1.807, 2.05) is 12.3 Å². The monoisotopic (exact) mass is 245 g/mol. The van der Waals surface area contributed by atoms with Crippen molar-refractivity contribution in [3.63, 3.8) is 0 Å². The molecule has 2 aliphatic rings. The number of nitrogen functional groups attached to an aromatic ring is 1. The van der Waals surface area contributed by atoms with Crippen molar-refractivity contribution in [2.75, 3.05) is 18.8 Å². The van der Waals surface area contributed by atoms with E-state index in [1.165, 1.54) is 50.8 Å². The first-order valence-electron chi connectivity index (χ1n) is 7.24. The van der Waals surface area contributed by atoms with E-state index >= 15 is 0 Å². The molecule has 0 amide bonds. The third-order valence-corrected chi connectivity index (χ3v) is 4.70. The number of fused-ring (bicyclic) bond motifs is 1. The molecular formula is C15H23N3. The molecule has 3 rings (SSSR count). The van der Waals surface area contributed by atoms with Gasteiger partial charge < -0.3 is 5.73 Å². The first kappa shape index (κ1) is 12.0. The smallest absolute Gasteiger partial charge is 0.123 e. The van der Waals surface area contributed by atoms with Gasteiger partial charge in [-0.3, -0.25) is 4.90 Å². The summed E-state index contributed by atoms with van der Waals surface area (Å²) in [5.74, 6) is 2.66. The molecule has 2 N–H and O–H groups in total. The second-order valence-corrected chi connectivity index (χ2v) is 5.89. The van der Waals surface area contributed by atoms with Gasteiger partial charge in [0, 0.05) is 12.7 Å². The Balaban J connectivity index is 1.60. The molecule has 2 unspecified atom stereocenters. The van der Waals surface area contributed by atoms with E-state index in [0.29, 0.717) is 5.82 Å². The Labute approximate surface area is 109 Å². The molecule has 2 heterocycles. The van der Waals surface area contributed by atoms with Crippen LogP contribution in [-0.4, -0.2) is 23.0 Å². The lowest BCUT2D eigenvalue weighted by Gasteiger charge is -2.20. The van der Waals surface area contributed by atoms with E-state index in [9.17, 15) is 0 Å². The molecule has 1 saturated heterocycles. The third kappa shape index (κ3) is 2.66. The van der Waals surface area contributed by atoms with Crippen molar-refractivity contribution in [2.24, 2.45) is 11.8 Å². The number of anilines is 1. The zero-order chi connectivity index (χ0) is 12.4. The van der Waals surface area contributed by atoms with Crippen molar-refractivity contribution in [3.8, 4) is 0 Å². The van der Waals surface area contributed by atoms with Gasteiger partial charge in [-0.1, -0.05) is 19.3 Å². The van der Waals surface area contributed by atoms with E-state index in [4.69, 9.17) is 5.73 Å². The van der Waals surface area contributed by atoms with Crippen molar-refractivity contribution in [3.05, 3.63) is 23.9 Å². The largest absolute Gasteiger partial charge is 0.384 e. The van der Waals surface area contributed by atoms with Gasteiger partial charge in [-0.25, -0.2) is 4.98 Å². The van der Waals surface area contributed by atoms with Gasteiger partial charge in [0.05, 0.1) is 0 Å². The number of hydrogen-bond acceptors (Lipinski definition) is 3. The quantitative estimate of drug-likeness (QED) is 0.871. The van der Waals surface area contributed by atoms with Crippen molar-refractivity contribution < 1.29 is 0 Å². The normalized spacial score (nSPS) is 28.9. The predicted molar refractivity (Wildman–Crippen MR) is 74.0 cm³/mol. The molecule has 0 radical (unpaired) electrons. The summed E-state index contributed by atoms with van der Waals surface area (Å²) in [4.78, 5) is 6.65. The molecule has 1 aliphatic heterocycles. The third-order valence-electron chi connectivity index (χ3n) is 4.70. The summed E-state index contributed by atoms with van der Waals surface area (Å²) in [7, 11) is 0. The Hall–Kier alpha value is -1.09. The van der Waals surface area contributed by atoms with Crippen LogP contribution in [0.1, 0.15) is 37.7 Å². The second kappa shape index (κ2) is 5.27. The number of nitrogens with two attached hydrogens (primary N) is 1. The van der Waals surface area contributed by atoms with Gasteiger partial charge in [0.2, 0.25) is 0 Å². The first-order valence-corrected chi connectivity index (χ1v) is 7.24. The Bertz CT molecular complexity index is 390. The number of pyridine rings is 1. The molecule has 1 saturated carbocycles. The average molecular weight is 245 g/mol. The maximum Gasteiger partial charge on any atom is 0.123 e. The molecule has 3 nitrogen and oxygen atoms in total. The highest BCUT2D eigenvalue weighted by Gasteiger charge is 2.30. The van der Waals surface area contributed by atoms with Gasteiger partial charge >= 0.3 is 0 Å². The molecule has 0 aromatic carbocycles. The fourth-order valence-corrected chi connectivity index (χ4v) is 3.69. The van der Waals surface area contributed by atoms with Gasteiger partial charge in [0.15, 0.2) is 0 Å². The van der Waals surface area contributed by atoms with E-state index < -0.39 is 0 Å². The van der Waals surface area contributed by atoms with Crippen LogP contribution in [0.5, 0.6) is 0 Å². The SMILES string of the molecule is Nc1cc(CN2CCC3CCCC3CC2)ccn1. The molecule has 98 valence electrons. The predicted octanol–water partition coefficient (Wildman–Crippen LogP) is 2.68. The number of likely N-dealkylation sites (tertiary alicyclic amines) is 1. The van der Waals surface area contributed by atoms with E-state index in [1.54, 1.807) is 0 Å². The number of rotatable bonds is 2. The van der Waals surface area contributed by atoms with Gasteiger partial charge in [-0.2, -0.15) is 0 Å². The van der Waals surface area contributed by atoms with Crippen LogP contribution in [0.3, 0.4) is 0 Å². The van der Waals surface area contributed by atoms with Crippen molar-refractivity contribution in [2.45, 2.75) is 38.6 Å². The molecule has 0 spiro atoms. The molecule has 0 bridgehead atoms. The van der Waals surface area contributed by atoms with Crippen LogP contribution in [0.15, 0.2) is 18.3 Å². The highest BCUT2D eigenvalue weighted by Crippen LogP contribution is 2.38. The van der Waals surface area contributed by atoms with Gasteiger partial charge in [-0.15, -0.1) is 0 Å². The molecule has 18 heavy (non-hydrogen) atoms. The maximum atomic E-state index is 5.74. The zero-order valence-electron chi connectivity index (χ0n) is 11.0. The minimum Gasteiger partial charge on any atom is -0.384 e. The van der Waals surface area contributed by atoms with Gasteiger partial charge in [-0.05, 0) is 55.5 Å². The summed E-state index contributed by atoms with van der Waals surface area (Å²) in [5.41, 5.74) is 7.04. The zero-order valence-corrected chi connectivity index (χ0v) is 11.0. The fourth-order valence-electron chi connectivity index (χ4n) is 3.69. The standard InChI is InChI=1S/C15H23N3/c16-15-10-12(4-7-17-15)11-18-8-5-13-2-1-3-14(13)6-9-18/h4,7,10,13-14H,1-3,5-6,8-9,11H2,(H2,16,17). The fraction of sp³-hybridized carbons (Fsp3) is 0.667. The van der Waals surface area contributed by atoms with Crippen LogP contribution >= 0.6 is 0 Å². The lowest BCUT2D eigenvalue weighted by atomic mass is 9.92. The van der Waals surface area contributed by atoms with Crippen molar-refractivity contribution >= 4 is 5.82 Å². The summed E-state index contributed by atoms with van der Waals surface area (Å²) in [6, 6.07) is 4.09. The molecule has 3 heteroatoms. The Morgan fingerprint density at radius 2 is 1.89 bits per heavy atom. The highest BCUT2D eigenvalue weighted by molar-refractivity contribution is 5.31. The average Bonchev–Trinajstić information content (AvgIpc) is 2.73. The van der Waals surface area contributed by atoms with Gasteiger partial charge in [0.1, 0.15) is 5.82 Å². The second-order valence-electron chi connectivity index (χ2n) is 5.89.